The number of ketones is 1. The van der Waals surface area contributed by atoms with Gasteiger partial charge in [0.15, 0.2) is 11.3 Å². The summed E-state index contributed by atoms with van der Waals surface area (Å²) in [5, 5.41) is 0.844. The highest BCUT2D eigenvalue weighted by molar-refractivity contribution is 6.18. The van der Waals surface area contributed by atoms with Crippen LogP contribution in [0.3, 0.4) is 0 Å². The number of fused-ring (bicyclic) bond motifs is 3. The Bertz CT molecular complexity index is 1510. The first-order valence-electron chi connectivity index (χ1n) is 9.92. The summed E-state index contributed by atoms with van der Waals surface area (Å²) >= 11 is 0. The molecule has 0 saturated heterocycles. The van der Waals surface area contributed by atoms with Gasteiger partial charge >= 0.3 is 5.63 Å². The fraction of sp³-hybridized carbons (Fsp3) is 0.0769. The zero-order chi connectivity index (χ0) is 22.2. The first-order valence-corrected chi connectivity index (χ1v) is 9.92. The quantitative estimate of drug-likeness (QED) is 0.274. The molecular weight excluding hydrogens is 408 g/mol. The van der Waals surface area contributed by atoms with Crippen LogP contribution in [0, 0.1) is 0 Å². The van der Waals surface area contributed by atoms with E-state index in [1.165, 1.54) is 0 Å². The predicted molar refractivity (Wildman–Crippen MR) is 121 cm³/mol. The number of hydrogen-bond acceptors (Lipinski definition) is 6. The number of hydrogen-bond donors (Lipinski definition) is 0. The van der Waals surface area contributed by atoms with Crippen molar-refractivity contribution in [1.29, 1.82) is 0 Å². The molecular formula is C26H18O6. The first-order chi connectivity index (χ1) is 15.6. The summed E-state index contributed by atoms with van der Waals surface area (Å²) in [6.45, 7) is 0. The van der Waals surface area contributed by atoms with Crippen LogP contribution in [0.4, 0.5) is 0 Å². The maximum atomic E-state index is 13.5. The molecule has 2 heterocycles. The lowest BCUT2D eigenvalue weighted by molar-refractivity contribution is 0.101. The highest BCUT2D eigenvalue weighted by Crippen LogP contribution is 2.38. The van der Waals surface area contributed by atoms with Crippen LogP contribution in [0.1, 0.15) is 16.1 Å². The van der Waals surface area contributed by atoms with Crippen LogP contribution in [-0.4, -0.2) is 20.0 Å². The van der Waals surface area contributed by atoms with Crippen LogP contribution in [0.25, 0.3) is 33.1 Å². The van der Waals surface area contributed by atoms with E-state index in [1.807, 2.05) is 6.07 Å². The third kappa shape index (κ3) is 3.13. The van der Waals surface area contributed by atoms with Crippen molar-refractivity contribution in [3.8, 4) is 22.6 Å². The second-order valence-corrected chi connectivity index (χ2v) is 7.18. The van der Waals surface area contributed by atoms with E-state index in [4.69, 9.17) is 18.3 Å². The van der Waals surface area contributed by atoms with E-state index in [-0.39, 0.29) is 16.9 Å². The Balaban J connectivity index is 1.82. The third-order valence-electron chi connectivity index (χ3n) is 5.38. The van der Waals surface area contributed by atoms with Gasteiger partial charge in [-0.2, -0.15) is 0 Å². The normalized spacial score (nSPS) is 11.1. The monoisotopic (exact) mass is 426 g/mol. The SMILES string of the molecule is COc1ccc(C(=O)c2oc3c(c2-c2ccc(OC)cc2)c(=O)oc2ccccc23)cc1. The van der Waals surface area contributed by atoms with E-state index in [2.05, 4.69) is 0 Å². The summed E-state index contributed by atoms with van der Waals surface area (Å²) in [5.41, 5.74) is 1.59. The second-order valence-electron chi connectivity index (χ2n) is 7.18. The van der Waals surface area contributed by atoms with Gasteiger partial charge in [0.1, 0.15) is 22.5 Å². The van der Waals surface area contributed by atoms with Crippen LogP contribution in [0.15, 0.2) is 86.4 Å². The fourth-order valence-electron chi connectivity index (χ4n) is 3.78. The molecule has 5 rings (SSSR count). The molecule has 0 radical (unpaired) electrons. The molecule has 0 saturated carbocycles. The Kier molecular flexibility index (Phi) is 4.75. The Morgan fingerprint density at radius 2 is 1.41 bits per heavy atom. The molecule has 0 unspecified atom stereocenters. The van der Waals surface area contributed by atoms with E-state index in [0.717, 1.165) is 0 Å². The van der Waals surface area contributed by atoms with E-state index in [1.54, 1.807) is 80.9 Å². The molecule has 0 aliphatic rings. The van der Waals surface area contributed by atoms with Gasteiger partial charge in [-0.3, -0.25) is 4.79 Å². The minimum Gasteiger partial charge on any atom is -0.497 e. The molecule has 3 aromatic carbocycles. The predicted octanol–water partition coefficient (Wildman–Crippen LogP) is 5.45. The molecule has 0 N–H and O–H groups in total. The molecule has 6 heteroatoms. The molecule has 0 bridgehead atoms. The summed E-state index contributed by atoms with van der Waals surface area (Å²) in [6.07, 6.45) is 0. The van der Waals surface area contributed by atoms with Crippen molar-refractivity contribution in [1.82, 2.24) is 0 Å². The largest absolute Gasteiger partial charge is 0.497 e. The minimum atomic E-state index is -0.568. The number of carbonyl (C=O) groups is 1. The summed E-state index contributed by atoms with van der Waals surface area (Å²) in [4.78, 5) is 26.5. The highest BCUT2D eigenvalue weighted by atomic mass is 16.5. The van der Waals surface area contributed by atoms with Crippen molar-refractivity contribution in [2.24, 2.45) is 0 Å². The van der Waals surface area contributed by atoms with Crippen LogP contribution >= 0.6 is 0 Å². The topological polar surface area (TPSA) is 78.9 Å². The fourth-order valence-corrected chi connectivity index (χ4v) is 3.78. The Labute approximate surface area is 182 Å². The molecule has 0 fully saturated rings. The number of methoxy groups -OCH3 is 2. The van der Waals surface area contributed by atoms with Crippen LogP contribution < -0.4 is 15.1 Å². The molecule has 158 valence electrons. The van der Waals surface area contributed by atoms with Crippen molar-refractivity contribution in [3.63, 3.8) is 0 Å². The zero-order valence-electron chi connectivity index (χ0n) is 17.4. The Hall–Kier alpha value is -4.32. The van der Waals surface area contributed by atoms with Gasteiger partial charge in [-0.25, -0.2) is 4.79 Å². The maximum Gasteiger partial charge on any atom is 0.348 e. The summed E-state index contributed by atoms with van der Waals surface area (Å²) in [7, 11) is 3.13. The molecule has 0 spiro atoms. The molecule has 5 aromatic rings. The number of ether oxygens (including phenoxy) is 2. The lowest BCUT2D eigenvalue weighted by Crippen LogP contribution is -2.03. The average molecular weight is 426 g/mol. The number of benzene rings is 3. The number of furan rings is 1. The summed E-state index contributed by atoms with van der Waals surface area (Å²) < 4.78 is 22.1. The van der Waals surface area contributed by atoms with Gasteiger partial charge in [0.2, 0.25) is 5.78 Å². The maximum absolute atomic E-state index is 13.5. The summed E-state index contributed by atoms with van der Waals surface area (Å²) in [5.74, 6) is 1.01. The minimum absolute atomic E-state index is 0.0685. The third-order valence-corrected chi connectivity index (χ3v) is 5.38. The van der Waals surface area contributed by atoms with E-state index in [9.17, 15) is 9.59 Å². The van der Waals surface area contributed by atoms with Gasteiger partial charge in [0.25, 0.3) is 0 Å². The molecule has 0 amide bonds. The van der Waals surface area contributed by atoms with Gasteiger partial charge in [0, 0.05) is 11.1 Å². The van der Waals surface area contributed by atoms with Gasteiger partial charge < -0.3 is 18.3 Å². The standard InChI is InChI=1S/C26H18O6/c1-29-17-11-7-15(8-12-17)21-22-24(19-5-3-4-6-20(19)31-26(22)28)32-25(21)23(27)16-9-13-18(30-2)14-10-16/h3-14H,1-2H3. The van der Waals surface area contributed by atoms with Crippen molar-refractivity contribution < 1.29 is 23.1 Å². The van der Waals surface area contributed by atoms with Gasteiger partial charge in [-0.15, -0.1) is 0 Å². The van der Waals surface area contributed by atoms with Crippen LogP contribution in [0.2, 0.25) is 0 Å². The van der Waals surface area contributed by atoms with Gasteiger partial charge in [-0.1, -0.05) is 24.3 Å². The molecule has 32 heavy (non-hydrogen) atoms. The van der Waals surface area contributed by atoms with E-state index in [0.29, 0.717) is 44.7 Å². The lowest BCUT2D eigenvalue weighted by atomic mass is 9.98. The van der Waals surface area contributed by atoms with Crippen molar-refractivity contribution in [3.05, 3.63) is 94.5 Å². The highest BCUT2D eigenvalue weighted by Gasteiger charge is 2.27. The summed E-state index contributed by atoms with van der Waals surface area (Å²) in [6, 6.07) is 20.9. The molecule has 6 nitrogen and oxygen atoms in total. The number of carbonyl (C=O) groups excluding carboxylic acids is 1. The van der Waals surface area contributed by atoms with Crippen LogP contribution in [-0.2, 0) is 0 Å². The van der Waals surface area contributed by atoms with E-state index >= 15 is 0 Å². The average Bonchev–Trinajstić information content (AvgIpc) is 3.25. The van der Waals surface area contributed by atoms with Gasteiger partial charge in [0.05, 0.1) is 19.6 Å². The number of para-hydroxylation sites is 1. The number of rotatable bonds is 5. The first kappa shape index (κ1) is 19.6. The van der Waals surface area contributed by atoms with Crippen molar-refractivity contribution >= 4 is 27.7 Å². The molecule has 2 aromatic heterocycles. The van der Waals surface area contributed by atoms with E-state index < -0.39 is 5.63 Å². The van der Waals surface area contributed by atoms with Crippen molar-refractivity contribution in [2.45, 2.75) is 0 Å². The zero-order valence-corrected chi connectivity index (χ0v) is 17.4. The molecule has 0 aliphatic heterocycles. The molecule has 0 atom stereocenters. The van der Waals surface area contributed by atoms with Crippen LogP contribution in [0.5, 0.6) is 11.5 Å². The second kappa shape index (κ2) is 7.74. The van der Waals surface area contributed by atoms with Gasteiger partial charge in [-0.05, 0) is 54.1 Å². The Morgan fingerprint density at radius 3 is 2.06 bits per heavy atom. The smallest absolute Gasteiger partial charge is 0.348 e. The molecule has 0 aliphatic carbocycles. The lowest BCUT2D eigenvalue weighted by Gasteiger charge is -2.05. The van der Waals surface area contributed by atoms with Crippen molar-refractivity contribution in [2.75, 3.05) is 14.2 Å². The Morgan fingerprint density at radius 1 is 0.781 bits per heavy atom.